The van der Waals surface area contributed by atoms with Crippen LogP contribution < -0.4 is 4.90 Å². The number of aromatic nitrogens is 2. The molecule has 0 bridgehead atoms. The highest BCUT2D eigenvalue weighted by Gasteiger charge is 2.18. The zero-order valence-corrected chi connectivity index (χ0v) is 16.9. The maximum atomic E-state index is 13.1. The third-order valence-electron chi connectivity index (χ3n) is 4.77. The van der Waals surface area contributed by atoms with Crippen LogP contribution in [0.25, 0.3) is 10.9 Å². The van der Waals surface area contributed by atoms with Crippen molar-refractivity contribution in [2.75, 3.05) is 11.9 Å². The van der Waals surface area contributed by atoms with Crippen molar-refractivity contribution < 1.29 is 4.39 Å². The standard InChI is InChI=1S/C21H26FN3.ClH/c1-14(2)12-25-16(4)15(3)19-10-11-23-21(20(19)25)24(5)13-17-6-8-18(22)9-7-17;/h6-11,14H,12-13H2,1-5H3;1H. The van der Waals surface area contributed by atoms with Crippen LogP contribution in [0.1, 0.15) is 30.7 Å². The van der Waals surface area contributed by atoms with E-state index in [4.69, 9.17) is 0 Å². The van der Waals surface area contributed by atoms with Gasteiger partial charge in [-0.05, 0) is 49.1 Å². The van der Waals surface area contributed by atoms with E-state index in [-0.39, 0.29) is 18.2 Å². The molecule has 0 N–H and O–H groups in total. The van der Waals surface area contributed by atoms with Gasteiger partial charge in [0.2, 0.25) is 0 Å². The average molecular weight is 376 g/mol. The Kier molecular flexibility index (Phi) is 6.30. The molecule has 0 unspecified atom stereocenters. The molecule has 0 saturated heterocycles. The van der Waals surface area contributed by atoms with Crippen molar-refractivity contribution in [3.63, 3.8) is 0 Å². The largest absolute Gasteiger partial charge is 0.354 e. The first-order chi connectivity index (χ1) is 11.9. The van der Waals surface area contributed by atoms with Crippen LogP contribution in [0.15, 0.2) is 36.5 Å². The van der Waals surface area contributed by atoms with Gasteiger partial charge >= 0.3 is 0 Å². The highest BCUT2D eigenvalue weighted by molar-refractivity contribution is 5.93. The molecule has 2 heterocycles. The number of rotatable bonds is 5. The minimum absolute atomic E-state index is 0. The third-order valence-corrected chi connectivity index (χ3v) is 4.77. The van der Waals surface area contributed by atoms with Gasteiger partial charge in [0.05, 0.1) is 5.52 Å². The molecule has 1 aromatic carbocycles. The van der Waals surface area contributed by atoms with Gasteiger partial charge in [0.15, 0.2) is 5.82 Å². The summed E-state index contributed by atoms with van der Waals surface area (Å²) in [5, 5.41) is 1.26. The minimum Gasteiger partial charge on any atom is -0.354 e. The molecule has 140 valence electrons. The highest BCUT2D eigenvalue weighted by atomic mass is 35.5. The Hall–Kier alpha value is -2.07. The van der Waals surface area contributed by atoms with Crippen molar-refractivity contribution in [2.45, 2.75) is 40.8 Å². The molecule has 0 aliphatic rings. The van der Waals surface area contributed by atoms with E-state index in [0.29, 0.717) is 12.5 Å². The number of pyridine rings is 1. The molecule has 0 amide bonds. The molecule has 0 aliphatic heterocycles. The van der Waals surface area contributed by atoms with Gasteiger partial charge in [0.1, 0.15) is 5.82 Å². The topological polar surface area (TPSA) is 21.1 Å². The summed E-state index contributed by atoms with van der Waals surface area (Å²) in [4.78, 5) is 6.82. The number of nitrogens with zero attached hydrogens (tertiary/aromatic N) is 3. The lowest BCUT2D eigenvalue weighted by atomic mass is 10.2. The summed E-state index contributed by atoms with van der Waals surface area (Å²) in [6.07, 6.45) is 1.88. The van der Waals surface area contributed by atoms with Crippen LogP contribution >= 0.6 is 12.4 Å². The fraction of sp³-hybridized carbons (Fsp3) is 0.381. The van der Waals surface area contributed by atoms with Gasteiger partial charge in [-0.2, -0.15) is 0 Å². The van der Waals surface area contributed by atoms with Crippen LogP contribution in [0.4, 0.5) is 10.2 Å². The number of anilines is 1. The lowest BCUT2D eigenvalue weighted by Crippen LogP contribution is -2.19. The maximum absolute atomic E-state index is 13.1. The van der Waals surface area contributed by atoms with Crippen molar-refractivity contribution in [2.24, 2.45) is 5.92 Å². The molecule has 26 heavy (non-hydrogen) atoms. The molecule has 0 aliphatic carbocycles. The number of aryl methyl sites for hydroxylation is 1. The summed E-state index contributed by atoms with van der Waals surface area (Å²) < 4.78 is 15.5. The van der Waals surface area contributed by atoms with Gasteiger partial charge in [-0.1, -0.05) is 26.0 Å². The van der Waals surface area contributed by atoms with E-state index in [1.807, 2.05) is 25.4 Å². The van der Waals surface area contributed by atoms with E-state index < -0.39 is 0 Å². The summed E-state index contributed by atoms with van der Waals surface area (Å²) >= 11 is 0. The van der Waals surface area contributed by atoms with Crippen molar-refractivity contribution in [3.8, 4) is 0 Å². The first-order valence-electron chi connectivity index (χ1n) is 8.78. The van der Waals surface area contributed by atoms with Crippen LogP contribution in [0.3, 0.4) is 0 Å². The van der Waals surface area contributed by atoms with Crippen molar-refractivity contribution in [3.05, 3.63) is 59.2 Å². The van der Waals surface area contributed by atoms with Crippen LogP contribution in [-0.2, 0) is 13.1 Å². The third kappa shape index (κ3) is 3.85. The summed E-state index contributed by atoms with van der Waals surface area (Å²) in [7, 11) is 2.04. The molecule has 3 nitrogen and oxygen atoms in total. The van der Waals surface area contributed by atoms with Crippen molar-refractivity contribution in [1.29, 1.82) is 0 Å². The molecule has 3 aromatic rings. The molecule has 0 radical (unpaired) electrons. The first kappa shape index (κ1) is 20.2. The highest BCUT2D eigenvalue weighted by Crippen LogP contribution is 2.32. The van der Waals surface area contributed by atoms with E-state index in [1.54, 1.807) is 0 Å². The number of hydrogen-bond donors (Lipinski definition) is 0. The summed E-state index contributed by atoms with van der Waals surface area (Å²) in [5.41, 5.74) is 4.87. The maximum Gasteiger partial charge on any atom is 0.153 e. The predicted octanol–water partition coefficient (Wildman–Crippen LogP) is 5.51. The molecular weight excluding hydrogens is 349 g/mol. The van der Waals surface area contributed by atoms with E-state index in [9.17, 15) is 4.39 Å². The quantitative estimate of drug-likeness (QED) is 0.586. The Morgan fingerprint density at radius 1 is 1.12 bits per heavy atom. The van der Waals surface area contributed by atoms with Gasteiger partial charge in [0.25, 0.3) is 0 Å². The molecule has 0 atom stereocenters. The average Bonchev–Trinajstić information content (AvgIpc) is 2.81. The number of benzene rings is 1. The normalized spacial score (nSPS) is 11.0. The smallest absolute Gasteiger partial charge is 0.153 e. The van der Waals surface area contributed by atoms with Crippen LogP contribution in [0, 0.1) is 25.6 Å². The summed E-state index contributed by atoms with van der Waals surface area (Å²) in [5.74, 6) is 1.33. The number of fused-ring (bicyclic) bond motifs is 1. The van der Waals surface area contributed by atoms with E-state index in [0.717, 1.165) is 17.9 Å². The van der Waals surface area contributed by atoms with Crippen LogP contribution in [0.2, 0.25) is 0 Å². The molecule has 2 aromatic heterocycles. The van der Waals surface area contributed by atoms with Gasteiger partial charge < -0.3 is 9.47 Å². The summed E-state index contributed by atoms with van der Waals surface area (Å²) in [6, 6.07) is 8.77. The van der Waals surface area contributed by atoms with E-state index >= 15 is 0 Å². The molecule has 0 saturated carbocycles. The molecule has 0 fully saturated rings. The lowest BCUT2D eigenvalue weighted by molar-refractivity contribution is 0.527. The molecule has 0 spiro atoms. The monoisotopic (exact) mass is 375 g/mol. The SMILES string of the molecule is Cc1c(C)n(CC(C)C)c2c(N(C)Cc3ccc(F)cc3)nccc12.Cl. The second-order valence-corrected chi connectivity index (χ2v) is 7.23. The van der Waals surface area contributed by atoms with Gasteiger partial charge in [-0.15, -0.1) is 12.4 Å². The Balaban J connectivity index is 0.00000243. The van der Waals surface area contributed by atoms with Crippen molar-refractivity contribution >= 4 is 29.1 Å². The Labute approximate surface area is 161 Å². The second kappa shape index (κ2) is 8.09. The molecule has 3 rings (SSSR count). The van der Waals surface area contributed by atoms with Gasteiger partial charge in [0, 0.05) is 37.4 Å². The second-order valence-electron chi connectivity index (χ2n) is 7.23. The minimum atomic E-state index is -0.205. The van der Waals surface area contributed by atoms with E-state index in [2.05, 4.69) is 48.2 Å². The Morgan fingerprint density at radius 2 is 1.77 bits per heavy atom. The van der Waals surface area contributed by atoms with Crippen LogP contribution in [0.5, 0.6) is 0 Å². The van der Waals surface area contributed by atoms with Crippen LogP contribution in [-0.4, -0.2) is 16.6 Å². The lowest BCUT2D eigenvalue weighted by Gasteiger charge is -2.21. The summed E-state index contributed by atoms with van der Waals surface area (Å²) in [6.45, 7) is 10.5. The van der Waals surface area contributed by atoms with Crippen molar-refractivity contribution in [1.82, 2.24) is 9.55 Å². The zero-order valence-electron chi connectivity index (χ0n) is 16.1. The van der Waals surface area contributed by atoms with E-state index in [1.165, 1.54) is 34.3 Å². The molecular formula is C21H27ClFN3. The fourth-order valence-corrected chi connectivity index (χ4v) is 3.39. The first-order valence-corrected chi connectivity index (χ1v) is 8.78. The Morgan fingerprint density at radius 3 is 2.38 bits per heavy atom. The molecule has 5 heteroatoms. The number of hydrogen-bond acceptors (Lipinski definition) is 2. The zero-order chi connectivity index (χ0) is 18.1. The Bertz CT molecular complexity index is 884. The number of halogens is 2. The van der Waals surface area contributed by atoms with Gasteiger partial charge in [-0.25, -0.2) is 9.37 Å². The van der Waals surface area contributed by atoms with Gasteiger partial charge in [-0.3, -0.25) is 0 Å². The fourth-order valence-electron chi connectivity index (χ4n) is 3.39. The predicted molar refractivity (Wildman–Crippen MR) is 110 cm³/mol.